The molecule has 0 N–H and O–H groups in total. The summed E-state index contributed by atoms with van der Waals surface area (Å²) < 4.78 is 0. The van der Waals surface area contributed by atoms with Gasteiger partial charge in [0.2, 0.25) is 0 Å². The maximum Gasteiger partial charge on any atom is 0.122 e. The highest BCUT2D eigenvalue weighted by Gasteiger charge is 1.99. The molecule has 44 valence electrons. The Kier molecular flexibility index (Phi) is 1.78. The summed E-state index contributed by atoms with van der Waals surface area (Å²) in [7, 11) is 0. The van der Waals surface area contributed by atoms with Crippen molar-refractivity contribution in [2.75, 3.05) is 6.54 Å². The Morgan fingerprint density at radius 1 is 1.50 bits per heavy atom. The van der Waals surface area contributed by atoms with Crippen LogP contribution in [0.25, 0.3) is 0 Å². The van der Waals surface area contributed by atoms with Crippen molar-refractivity contribution in [3.05, 3.63) is 0 Å². The summed E-state index contributed by atoms with van der Waals surface area (Å²) in [5, 5.41) is 0. The molecule has 0 radical (unpaired) electrons. The van der Waals surface area contributed by atoms with Gasteiger partial charge in [0.25, 0.3) is 0 Å². The van der Waals surface area contributed by atoms with E-state index < -0.39 is 0 Å². The average molecular weight is 110 g/mol. The van der Waals surface area contributed by atoms with Crippen LogP contribution >= 0.6 is 0 Å². The van der Waals surface area contributed by atoms with Crippen LogP contribution in [-0.4, -0.2) is 19.1 Å². The Hall–Kier alpha value is -0.660. The van der Waals surface area contributed by atoms with Gasteiger partial charge in [-0.25, -0.2) is 4.99 Å². The average Bonchev–Trinajstić information content (AvgIpc) is 1.90. The number of hydrogen-bond donors (Lipinski definition) is 0. The molecule has 0 spiro atoms. The van der Waals surface area contributed by atoms with Gasteiger partial charge in [0.1, 0.15) is 5.84 Å². The van der Waals surface area contributed by atoms with Crippen LogP contribution in [0.5, 0.6) is 0 Å². The normalized spacial score (nSPS) is 19.8. The summed E-state index contributed by atoms with van der Waals surface area (Å²) in [5.74, 6) is 0.941. The van der Waals surface area contributed by atoms with Crippen LogP contribution in [0.2, 0.25) is 0 Å². The van der Waals surface area contributed by atoms with Gasteiger partial charge in [0, 0.05) is 13.0 Å². The number of amidine groups is 1. The standard InChI is InChI=1S/C6H10N2/c1-7-6-4-2-3-5-8-6/h1-5H2. The van der Waals surface area contributed by atoms with Gasteiger partial charge in [-0.15, -0.1) is 0 Å². The van der Waals surface area contributed by atoms with Crippen LogP contribution in [0.1, 0.15) is 19.3 Å². The SMILES string of the molecule is C=NC1=NCCCC1. The largest absolute Gasteiger partial charge is 0.271 e. The molecule has 0 bridgehead atoms. The van der Waals surface area contributed by atoms with Gasteiger partial charge < -0.3 is 0 Å². The van der Waals surface area contributed by atoms with Crippen LogP contribution < -0.4 is 0 Å². The summed E-state index contributed by atoms with van der Waals surface area (Å²) >= 11 is 0. The zero-order chi connectivity index (χ0) is 5.82. The van der Waals surface area contributed by atoms with E-state index >= 15 is 0 Å². The number of aliphatic imine (C=N–C) groups is 2. The molecule has 0 amide bonds. The lowest BCUT2D eigenvalue weighted by atomic mass is 10.2. The molecule has 2 heteroatoms. The first-order valence-corrected chi connectivity index (χ1v) is 2.93. The highest BCUT2D eigenvalue weighted by atomic mass is 14.9. The van der Waals surface area contributed by atoms with Crippen molar-refractivity contribution in [1.29, 1.82) is 0 Å². The molecule has 0 aromatic rings. The molecule has 0 atom stereocenters. The third-order valence-corrected chi connectivity index (χ3v) is 1.29. The minimum Gasteiger partial charge on any atom is -0.271 e. The molecule has 0 saturated heterocycles. The van der Waals surface area contributed by atoms with Gasteiger partial charge >= 0.3 is 0 Å². The van der Waals surface area contributed by atoms with E-state index in [4.69, 9.17) is 0 Å². The second-order valence-corrected chi connectivity index (χ2v) is 1.91. The van der Waals surface area contributed by atoms with Gasteiger partial charge in [0.05, 0.1) is 0 Å². The molecule has 2 nitrogen and oxygen atoms in total. The van der Waals surface area contributed by atoms with E-state index in [1.807, 2.05) is 0 Å². The van der Waals surface area contributed by atoms with E-state index in [2.05, 4.69) is 16.7 Å². The summed E-state index contributed by atoms with van der Waals surface area (Å²) in [6.07, 6.45) is 3.49. The first-order chi connectivity index (χ1) is 3.93. The van der Waals surface area contributed by atoms with Crippen molar-refractivity contribution in [2.45, 2.75) is 19.3 Å². The first kappa shape index (κ1) is 5.48. The summed E-state index contributed by atoms with van der Waals surface area (Å²) in [5.41, 5.74) is 0. The number of hydrogen-bond acceptors (Lipinski definition) is 2. The molecule has 0 aliphatic carbocycles. The van der Waals surface area contributed by atoms with E-state index in [-0.39, 0.29) is 0 Å². The van der Waals surface area contributed by atoms with E-state index in [0.29, 0.717) is 0 Å². The zero-order valence-corrected chi connectivity index (χ0v) is 4.93. The first-order valence-electron chi connectivity index (χ1n) is 2.93. The second kappa shape index (κ2) is 2.60. The lowest BCUT2D eigenvalue weighted by molar-refractivity contribution is 0.734. The maximum absolute atomic E-state index is 4.14. The smallest absolute Gasteiger partial charge is 0.122 e. The third kappa shape index (κ3) is 1.15. The van der Waals surface area contributed by atoms with Crippen molar-refractivity contribution in [3.8, 4) is 0 Å². The van der Waals surface area contributed by atoms with Crippen molar-refractivity contribution in [3.63, 3.8) is 0 Å². The van der Waals surface area contributed by atoms with Gasteiger partial charge in [-0.1, -0.05) is 0 Å². The number of rotatable bonds is 0. The van der Waals surface area contributed by atoms with E-state index in [1.54, 1.807) is 0 Å². The molecular formula is C6H10N2. The minimum absolute atomic E-state index is 0.941. The van der Waals surface area contributed by atoms with E-state index in [0.717, 1.165) is 18.8 Å². The predicted molar refractivity (Wildman–Crippen MR) is 35.7 cm³/mol. The zero-order valence-electron chi connectivity index (χ0n) is 4.93. The summed E-state index contributed by atoms with van der Waals surface area (Å²) in [4.78, 5) is 7.88. The Bertz CT molecular complexity index is 116. The quantitative estimate of drug-likeness (QED) is 0.419. The molecular weight excluding hydrogens is 100 g/mol. The molecule has 0 aromatic heterocycles. The summed E-state index contributed by atoms with van der Waals surface area (Å²) in [6.45, 7) is 4.36. The lowest BCUT2D eigenvalue weighted by Crippen LogP contribution is -2.01. The highest BCUT2D eigenvalue weighted by Crippen LogP contribution is 2.05. The molecule has 0 aromatic carbocycles. The van der Waals surface area contributed by atoms with Gasteiger partial charge in [0.15, 0.2) is 0 Å². The van der Waals surface area contributed by atoms with Gasteiger partial charge in [-0.2, -0.15) is 0 Å². The molecule has 0 fully saturated rings. The highest BCUT2D eigenvalue weighted by molar-refractivity contribution is 5.86. The molecule has 8 heavy (non-hydrogen) atoms. The van der Waals surface area contributed by atoms with Crippen LogP contribution in [0.15, 0.2) is 9.98 Å². The van der Waals surface area contributed by atoms with E-state index in [9.17, 15) is 0 Å². The molecule has 0 saturated carbocycles. The second-order valence-electron chi connectivity index (χ2n) is 1.91. The maximum atomic E-state index is 4.14. The fourth-order valence-corrected chi connectivity index (χ4v) is 0.811. The molecule has 1 rings (SSSR count). The summed E-state index contributed by atoms with van der Waals surface area (Å²) in [6, 6.07) is 0. The molecule has 1 aliphatic rings. The Morgan fingerprint density at radius 3 is 2.75 bits per heavy atom. The molecule has 0 unspecified atom stereocenters. The van der Waals surface area contributed by atoms with Crippen molar-refractivity contribution in [2.24, 2.45) is 9.98 Å². The monoisotopic (exact) mass is 110 g/mol. The van der Waals surface area contributed by atoms with Crippen molar-refractivity contribution >= 4 is 12.6 Å². The fraction of sp³-hybridized carbons (Fsp3) is 0.667. The Morgan fingerprint density at radius 2 is 2.38 bits per heavy atom. The van der Waals surface area contributed by atoms with Crippen LogP contribution in [0.4, 0.5) is 0 Å². The number of nitrogens with zero attached hydrogens (tertiary/aromatic N) is 2. The lowest BCUT2D eigenvalue weighted by Gasteiger charge is -2.04. The third-order valence-electron chi connectivity index (χ3n) is 1.29. The van der Waals surface area contributed by atoms with Crippen molar-refractivity contribution < 1.29 is 0 Å². The minimum atomic E-state index is 0.941. The van der Waals surface area contributed by atoms with Gasteiger partial charge in [-0.05, 0) is 19.6 Å². The Labute approximate surface area is 49.3 Å². The topological polar surface area (TPSA) is 24.7 Å². The van der Waals surface area contributed by atoms with Crippen LogP contribution in [0, 0.1) is 0 Å². The van der Waals surface area contributed by atoms with Crippen LogP contribution in [0.3, 0.4) is 0 Å². The molecule has 1 aliphatic heterocycles. The molecule has 1 heterocycles. The fourth-order valence-electron chi connectivity index (χ4n) is 0.811. The van der Waals surface area contributed by atoms with Gasteiger partial charge in [-0.3, -0.25) is 4.99 Å². The van der Waals surface area contributed by atoms with Crippen molar-refractivity contribution in [1.82, 2.24) is 0 Å². The van der Waals surface area contributed by atoms with Crippen LogP contribution in [-0.2, 0) is 0 Å². The predicted octanol–water partition coefficient (Wildman–Crippen LogP) is 1.27. The Balaban J connectivity index is 2.49. The van der Waals surface area contributed by atoms with E-state index in [1.165, 1.54) is 12.8 Å².